The summed E-state index contributed by atoms with van der Waals surface area (Å²) in [6, 6.07) is 16.6. The van der Waals surface area contributed by atoms with E-state index < -0.39 is 12.4 Å². The molecule has 3 aliphatic rings. The summed E-state index contributed by atoms with van der Waals surface area (Å²) in [5.41, 5.74) is 4.65. The van der Waals surface area contributed by atoms with Crippen molar-refractivity contribution in [2.24, 2.45) is 10.8 Å². The molecule has 40 heavy (non-hydrogen) atoms. The number of aliphatic hydroxyl groups is 1. The number of carbonyl (C=O) groups is 1. The lowest BCUT2D eigenvalue weighted by Gasteiger charge is -2.41. The first-order valence-corrected chi connectivity index (χ1v) is 14.5. The van der Waals surface area contributed by atoms with Gasteiger partial charge in [-0.15, -0.1) is 0 Å². The Morgan fingerprint density at radius 3 is 2.48 bits per heavy atom. The van der Waals surface area contributed by atoms with Gasteiger partial charge in [-0.05, 0) is 46.8 Å². The van der Waals surface area contributed by atoms with E-state index in [1.807, 2.05) is 36.4 Å². The van der Waals surface area contributed by atoms with Gasteiger partial charge in [0.1, 0.15) is 6.61 Å². The maximum Gasteiger partial charge on any atom is 0.407 e. The predicted molar refractivity (Wildman–Crippen MR) is 154 cm³/mol. The maximum atomic E-state index is 11.8. The van der Waals surface area contributed by atoms with Crippen LogP contribution in [0.1, 0.15) is 81.1 Å². The zero-order chi connectivity index (χ0) is 28.3. The zero-order valence-electron chi connectivity index (χ0n) is 24.1. The normalized spacial score (nSPS) is 29.6. The van der Waals surface area contributed by atoms with E-state index in [2.05, 4.69) is 49.7 Å². The van der Waals surface area contributed by atoms with Gasteiger partial charge in [0.05, 0.1) is 18.8 Å². The third kappa shape index (κ3) is 6.95. The Morgan fingerprint density at radius 2 is 1.77 bits per heavy atom. The minimum absolute atomic E-state index is 0.0266. The van der Waals surface area contributed by atoms with Crippen molar-refractivity contribution < 1.29 is 24.1 Å². The first-order chi connectivity index (χ1) is 19.1. The molecule has 5 unspecified atom stereocenters. The molecule has 2 aromatic rings. The molecule has 2 aliphatic heterocycles. The van der Waals surface area contributed by atoms with Crippen LogP contribution in [0.15, 0.2) is 61.2 Å². The highest BCUT2D eigenvalue weighted by molar-refractivity contribution is 5.67. The average molecular weight is 549 g/mol. The van der Waals surface area contributed by atoms with Crippen molar-refractivity contribution in [1.29, 1.82) is 0 Å². The van der Waals surface area contributed by atoms with E-state index in [4.69, 9.17) is 14.2 Å². The second-order valence-electron chi connectivity index (χ2n) is 13.0. The number of ether oxygens (including phenoxy) is 3. The molecular weight excluding hydrogens is 504 g/mol. The minimum atomic E-state index is -0.491. The van der Waals surface area contributed by atoms with Gasteiger partial charge in [-0.1, -0.05) is 82.0 Å². The molecule has 0 spiro atoms. The lowest BCUT2D eigenvalue weighted by molar-refractivity contribution is -0.253. The Labute approximate surface area is 238 Å². The summed E-state index contributed by atoms with van der Waals surface area (Å²) in [5.74, 6) is 0. The maximum absolute atomic E-state index is 11.8. The Kier molecular flexibility index (Phi) is 8.66. The molecule has 2 aromatic carbocycles. The van der Waals surface area contributed by atoms with Gasteiger partial charge >= 0.3 is 6.09 Å². The number of nitrogens with one attached hydrogen (secondary N) is 1. The highest BCUT2D eigenvalue weighted by Crippen LogP contribution is 2.53. The van der Waals surface area contributed by atoms with Crippen LogP contribution in [-0.4, -0.2) is 47.9 Å². The molecular formula is C33H44N2O5. The summed E-state index contributed by atoms with van der Waals surface area (Å²) >= 11 is 0. The Balaban J connectivity index is 1.30. The fourth-order valence-electron chi connectivity index (χ4n) is 7.24. The molecule has 7 nitrogen and oxygen atoms in total. The van der Waals surface area contributed by atoms with Gasteiger partial charge in [0.25, 0.3) is 0 Å². The number of nitrogens with zero attached hydrogens (tertiary/aromatic N) is 1. The average Bonchev–Trinajstić information content (AvgIpc) is 3.17. The van der Waals surface area contributed by atoms with E-state index in [1.165, 1.54) is 25.3 Å². The number of aliphatic hydroxyl groups excluding tert-OH is 1. The summed E-state index contributed by atoms with van der Waals surface area (Å²) in [4.78, 5) is 14.4. The molecule has 2 saturated heterocycles. The quantitative estimate of drug-likeness (QED) is 0.372. The van der Waals surface area contributed by atoms with Gasteiger partial charge < -0.3 is 24.6 Å². The highest BCUT2D eigenvalue weighted by Gasteiger charge is 2.50. The van der Waals surface area contributed by atoms with Crippen molar-refractivity contribution in [1.82, 2.24) is 10.2 Å². The van der Waals surface area contributed by atoms with Crippen LogP contribution < -0.4 is 5.32 Å². The molecule has 2 N–H and O–H groups in total. The van der Waals surface area contributed by atoms with E-state index in [0.717, 1.165) is 41.8 Å². The van der Waals surface area contributed by atoms with Crippen molar-refractivity contribution in [2.75, 3.05) is 19.7 Å². The number of amides is 1. The van der Waals surface area contributed by atoms with Gasteiger partial charge in [-0.2, -0.15) is 0 Å². The molecule has 1 saturated carbocycles. The van der Waals surface area contributed by atoms with Gasteiger partial charge in [-0.25, -0.2) is 4.79 Å². The third-order valence-corrected chi connectivity index (χ3v) is 8.60. The highest BCUT2D eigenvalue weighted by atomic mass is 16.7. The van der Waals surface area contributed by atoms with Crippen LogP contribution in [0.2, 0.25) is 0 Å². The lowest BCUT2D eigenvalue weighted by Crippen LogP contribution is -2.42. The molecule has 216 valence electrons. The molecule has 7 heteroatoms. The smallest absolute Gasteiger partial charge is 0.407 e. The first-order valence-electron chi connectivity index (χ1n) is 14.5. The second-order valence-corrected chi connectivity index (χ2v) is 13.0. The van der Waals surface area contributed by atoms with Gasteiger partial charge in [0.2, 0.25) is 0 Å². The molecule has 1 amide bonds. The minimum Gasteiger partial charge on any atom is -0.445 e. The van der Waals surface area contributed by atoms with E-state index in [0.29, 0.717) is 23.4 Å². The molecule has 2 bridgehead atoms. The van der Waals surface area contributed by atoms with Gasteiger partial charge in [-0.3, -0.25) is 4.90 Å². The van der Waals surface area contributed by atoms with Crippen LogP contribution in [0.3, 0.4) is 0 Å². The standard InChI is InChI=1S/C33H44N2O5/c1-5-14-38-31(37)34-18-23-6-12-26(13-7-23)30-39-28(15-29(40-30)25-10-8-24(20-36)9-11-25)19-35-22-33(4)17-27(35)16-32(2,3)21-33/h5-13,27-30,36H,1,14-22H2,2-4H3,(H,34,37). The number of likely N-dealkylation sites (tertiary alicyclic amines) is 1. The molecule has 2 heterocycles. The Hall–Kier alpha value is -2.71. The molecule has 3 fully saturated rings. The molecule has 0 aromatic heterocycles. The van der Waals surface area contributed by atoms with Crippen LogP contribution in [-0.2, 0) is 27.4 Å². The van der Waals surface area contributed by atoms with Gasteiger partial charge in [0, 0.05) is 37.7 Å². The molecule has 5 atom stereocenters. The Bertz CT molecular complexity index is 1160. The molecule has 1 aliphatic carbocycles. The molecule has 0 radical (unpaired) electrons. The largest absolute Gasteiger partial charge is 0.445 e. The lowest BCUT2D eigenvalue weighted by atomic mass is 9.65. The fraction of sp³-hybridized carbons (Fsp3) is 0.545. The van der Waals surface area contributed by atoms with Crippen molar-refractivity contribution in [3.05, 3.63) is 83.4 Å². The summed E-state index contributed by atoms with van der Waals surface area (Å²) in [7, 11) is 0. The summed E-state index contributed by atoms with van der Waals surface area (Å²) < 4.78 is 18.2. The number of carbonyl (C=O) groups excluding carboxylic acids is 1. The second kappa shape index (κ2) is 12.0. The summed E-state index contributed by atoms with van der Waals surface area (Å²) in [5, 5.41) is 12.3. The van der Waals surface area contributed by atoms with Crippen LogP contribution in [0, 0.1) is 10.8 Å². The predicted octanol–water partition coefficient (Wildman–Crippen LogP) is 6.04. The van der Waals surface area contributed by atoms with E-state index in [1.54, 1.807) is 0 Å². The van der Waals surface area contributed by atoms with Crippen molar-refractivity contribution in [3.8, 4) is 0 Å². The summed E-state index contributed by atoms with van der Waals surface area (Å²) in [6.07, 6.45) is 5.07. The number of fused-ring (bicyclic) bond motifs is 2. The van der Waals surface area contributed by atoms with E-state index in [9.17, 15) is 9.90 Å². The SMILES string of the molecule is C=CCOC(=O)NCc1ccc(C2OC(CN3CC4(C)CC3CC(C)(C)C4)CC(c3ccc(CO)cc3)O2)cc1. The topological polar surface area (TPSA) is 80.3 Å². The Morgan fingerprint density at radius 1 is 1.07 bits per heavy atom. The monoisotopic (exact) mass is 548 g/mol. The van der Waals surface area contributed by atoms with Crippen LogP contribution in [0.25, 0.3) is 0 Å². The van der Waals surface area contributed by atoms with E-state index >= 15 is 0 Å². The van der Waals surface area contributed by atoms with Crippen molar-refractivity contribution in [2.45, 2.75) is 84.1 Å². The fourth-order valence-corrected chi connectivity index (χ4v) is 7.24. The number of benzene rings is 2. The number of hydrogen-bond acceptors (Lipinski definition) is 6. The molecule has 5 rings (SSSR count). The van der Waals surface area contributed by atoms with E-state index in [-0.39, 0.29) is 25.4 Å². The van der Waals surface area contributed by atoms with Crippen molar-refractivity contribution >= 4 is 6.09 Å². The number of hydrogen-bond donors (Lipinski definition) is 2. The summed E-state index contributed by atoms with van der Waals surface area (Å²) in [6.45, 7) is 13.4. The number of rotatable bonds is 9. The van der Waals surface area contributed by atoms with Crippen molar-refractivity contribution in [3.63, 3.8) is 0 Å². The zero-order valence-corrected chi connectivity index (χ0v) is 24.1. The van der Waals surface area contributed by atoms with Crippen LogP contribution in [0.5, 0.6) is 0 Å². The number of alkyl carbamates (subject to hydrolysis) is 1. The first kappa shape index (κ1) is 28.8. The van der Waals surface area contributed by atoms with Crippen LogP contribution in [0.4, 0.5) is 4.79 Å². The van der Waals surface area contributed by atoms with Gasteiger partial charge in [0.15, 0.2) is 6.29 Å². The third-order valence-electron chi connectivity index (χ3n) is 8.60. The van der Waals surface area contributed by atoms with Crippen LogP contribution >= 0.6 is 0 Å².